The Bertz CT molecular complexity index is 370. The van der Waals surface area contributed by atoms with Gasteiger partial charge in [0.25, 0.3) is 0 Å². The second-order valence-electron chi connectivity index (χ2n) is 6.03. The molecule has 2 amide bonds. The van der Waals surface area contributed by atoms with E-state index in [0.717, 1.165) is 25.3 Å². The summed E-state index contributed by atoms with van der Waals surface area (Å²) in [6.45, 7) is 8.29. The Hall–Kier alpha value is -0.710. The lowest BCUT2D eigenvalue weighted by molar-refractivity contribution is -0.152. The van der Waals surface area contributed by atoms with E-state index in [1.54, 1.807) is 6.92 Å². The molecule has 0 aromatic carbocycles. The fourth-order valence-electron chi connectivity index (χ4n) is 2.70. The molecule has 102 valence electrons. The summed E-state index contributed by atoms with van der Waals surface area (Å²) >= 11 is 1.89. The molecule has 0 aromatic rings. The normalized spacial score (nSPS) is 31.9. The average Bonchev–Trinajstić information content (AvgIpc) is 2.31. The van der Waals surface area contributed by atoms with Gasteiger partial charge in [-0.3, -0.25) is 9.59 Å². The molecule has 2 aliphatic rings. The lowest BCUT2D eigenvalue weighted by Crippen LogP contribution is -2.57. The van der Waals surface area contributed by atoms with Gasteiger partial charge in [-0.25, -0.2) is 0 Å². The monoisotopic (exact) mass is 270 g/mol. The van der Waals surface area contributed by atoms with Crippen LogP contribution in [0.1, 0.15) is 33.6 Å². The minimum atomic E-state index is -0.851. The van der Waals surface area contributed by atoms with Crippen LogP contribution in [0.3, 0.4) is 0 Å². The molecule has 0 aromatic heterocycles. The Balaban J connectivity index is 2.12. The van der Waals surface area contributed by atoms with Crippen LogP contribution in [0, 0.1) is 5.41 Å². The zero-order valence-electron chi connectivity index (χ0n) is 11.4. The molecule has 0 bridgehead atoms. The molecule has 5 heteroatoms. The van der Waals surface area contributed by atoms with Gasteiger partial charge in [0.15, 0.2) is 0 Å². The summed E-state index contributed by atoms with van der Waals surface area (Å²) in [7, 11) is 0. The molecule has 0 radical (unpaired) electrons. The van der Waals surface area contributed by atoms with Crippen LogP contribution in [0.4, 0.5) is 0 Å². The summed E-state index contributed by atoms with van der Waals surface area (Å²) in [6, 6.07) is 0. The highest BCUT2D eigenvalue weighted by molar-refractivity contribution is 8.00. The third-order valence-electron chi connectivity index (χ3n) is 3.83. The minimum absolute atomic E-state index is 0.00748. The SMILES string of the molecule is CC1(C)CN(C(=O)C2(C)CCCNC2=O)CCS1. The maximum atomic E-state index is 12.6. The number of rotatable bonds is 1. The first-order valence-corrected chi connectivity index (χ1v) is 7.55. The second kappa shape index (κ2) is 4.76. The highest BCUT2D eigenvalue weighted by Crippen LogP contribution is 2.34. The predicted octanol–water partition coefficient (Wildman–Crippen LogP) is 1.26. The van der Waals surface area contributed by atoms with Gasteiger partial charge >= 0.3 is 0 Å². The van der Waals surface area contributed by atoms with E-state index in [-0.39, 0.29) is 16.6 Å². The number of nitrogens with one attached hydrogen (secondary N) is 1. The standard InChI is InChI=1S/C13H22N2O2S/c1-12(2)9-15(7-8-18-12)11(17)13(3)5-4-6-14-10(13)16/h4-9H2,1-3H3,(H,14,16). The van der Waals surface area contributed by atoms with Gasteiger partial charge in [0, 0.05) is 30.1 Å². The van der Waals surface area contributed by atoms with Crippen molar-refractivity contribution in [3.05, 3.63) is 0 Å². The maximum Gasteiger partial charge on any atom is 0.238 e. The zero-order valence-corrected chi connectivity index (χ0v) is 12.2. The molecule has 2 heterocycles. The van der Waals surface area contributed by atoms with Crippen LogP contribution in [0.25, 0.3) is 0 Å². The van der Waals surface area contributed by atoms with Gasteiger partial charge in [0.1, 0.15) is 5.41 Å². The van der Waals surface area contributed by atoms with E-state index in [1.165, 1.54) is 0 Å². The lowest BCUT2D eigenvalue weighted by atomic mass is 9.80. The largest absolute Gasteiger partial charge is 0.355 e. The van der Waals surface area contributed by atoms with Gasteiger partial charge < -0.3 is 10.2 Å². The van der Waals surface area contributed by atoms with Crippen LogP contribution < -0.4 is 5.32 Å². The van der Waals surface area contributed by atoms with Crippen molar-refractivity contribution in [3.63, 3.8) is 0 Å². The number of amides is 2. The molecule has 0 saturated carbocycles. The van der Waals surface area contributed by atoms with Crippen molar-refractivity contribution in [2.75, 3.05) is 25.4 Å². The Morgan fingerprint density at radius 1 is 1.39 bits per heavy atom. The lowest BCUT2D eigenvalue weighted by Gasteiger charge is -2.42. The third-order valence-corrected chi connectivity index (χ3v) is 5.12. The average molecular weight is 270 g/mol. The van der Waals surface area contributed by atoms with E-state index >= 15 is 0 Å². The highest BCUT2D eigenvalue weighted by Gasteiger charge is 2.46. The summed E-state index contributed by atoms with van der Waals surface area (Å²) in [5.74, 6) is 0.860. The van der Waals surface area contributed by atoms with Crippen molar-refractivity contribution in [1.82, 2.24) is 10.2 Å². The Morgan fingerprint density at radius 3 is 2.72 bits per heavy atom. The maximum absolute atomic E-state index is 12.6. The van der Waals surface area contributed by atoms with Crippen LogP contribution >= 0.6 is 11.8 Å². The first-order valence-electron chi connectivity index (χ1n) is 6.57. The number of carbonyl (C=O) groups excluding carboxylic acids is 2. The number of hydrogen-bond acceptors (Lipinski definition) is 3. The Labute approximate surface area is 113 Å². The predicted molar refractivity (Wildman–Crippen MR) is 73.5 cm³/mol. The summed E-state index contributed by atoms with van der Waals surface area (Å²) in [6.07, 6.45) is 1.56. The fraction of sp³-hybridized carbons (Fsp3) is 0.846. The number of hydrogen-bond donors (Lipinski definition) is 1. The number of carbonyl (C=O) groups is 2. The molecule has 2 saturated heterocycles. The molecule has 18 heavy (non-hydrogen) atoms. The van der Waals surface area contributed by atoms with E-state index in [1.807, 2.05) is 16.7 Å². The summed E-state index contributed by atoms with van der Waals surface area (Å²) in [4.78, 5) is 26.5. The van der Waals surface area contributed by atoms with Gasteiger partial charge in [-0.2, -0.15) is 11.8 Å². The quantitative estimate of drug-likeness (QED) is 0.730. The molecule has 2 fully saturated rings. The summed E-state index contributed by atoms with van der Waals surface area (Å²) < 4.78 is 0.0927. The number of nitrogens with zero attached hydrogens (tertiary/aromatic N) is 1. The topological polar surface area (TPSA) is 49.4 Å². The van der Waals surface area contributed by atoms with E-state index in [4.69, 9.17) is 0 Å². The van der Waals surface area contributed by atoms with Crippen molar-refractivity contribution in [3.8, 4) is 0 Å². The van der Waals surface area contributed by atoms with E-state index in [9.17, 15) is 9.59 Å². The second-order valence-corrected chi connectivity index (χ2v) is 7.83. The van der Waals surface area contributed by atoms with Gasteiger partial charge in [-0.05, 0) is 33.6 Å². The van der Waals surface area contributed by atoms with Crippen LogP contribution in [-0.4, -0.2) is 46.8 Å². The fourth-order valence-corrected chi connectivity index (χ4v) is 3.81. The van der Waals surface area contributed by atoms with Crippen molar-refractivity contribution in [2.24, 2.45) is 5.41 Å². The molecule has 1 atom stereocenters. The molecule has 2 rings (SSSR count). The van der Waals surface area contributed by atoms with Crippen molar-refractivity contribution >= 4 is 23.6 Å². The van der Waals surface area contributed by atoms with E-state index in [2.05, 4.69) is 19.2 Å². The van der Waals surface area contributed by atoms with Gasteiger partial charge in [-0.1, -0.05) is 0 Å². The molecule has 2 aliphatic heterocycles. The Kier molecular flexibility index (Phi) is 3.63. The number of piperidine rings is 1. The summed E-state index contributed by atoms with van der Waals surface area (Å²) in [5.41, 5.74) is -0.851. The minimum Gasteiger partial charge on any atom is -0.355 e. The molecule has 4 nitrogen and oxygen atoms in total. The first-order chi connectivity index (χ1) is 8.35. The van der Waals surface area contributed by atoms with Gasteiger partial charge in [0.05, 0.1) is 0 Å². The summed E-state index contributed by atoms with van der Waals surface area (Å²) in [5, 5.41) is 2.82. The van der Waals surface area contributed by atoms with Crippen molar-refractivity contribution in [2.45, 2.75) is 38.4 Å². The molecule has 1 N–H and O–H groups in total. The van der Waals surface area contributed by atoms with Gasteiger partial charge in [-0.15, -0.1) is 0 Å². The Morgan fingerprint density at radius 2 is 2.11 bits per heavy atom. The van der Waals surface area contributed by atoms with Crippen molar-refractivity contribution < 1.29 is 9.59 Å². The molecule has 1 unspecified atom stereocenters. The molecule has 0 aliphatic carbocycles. The van der Waals surface area contributed by atoms with Crippen LogP contribution in [0.5, 0.6) is 0 Å². The third kappa shape index (κ3) is 2.51. The van der Waals surface area contributed by atoms with Crippen LogP contribution in [0.15, 0.2) is 0 Å². The number of thioether (sulfide) groups is 1. The molecule has 0 spiro atoms. The van der Waals surface area contributed by atoms with Crippen LogP contribution in [0.2, 0.25) is 0 Å². The zero-order chi connectivity index (χ0) is 13.4. The smallest absolute Gasteiger partial charge is 0.238 e. The van der Waals surface area contributed by atoms with Gasteiger partial charge in [0.2, 0.25) is 11.8 Å². The van der Waals surface area contributed by atoms with E-state index in [0.29, 0.717) is 13.0 Å². The first kappa shape index (κ1) is 13.7. The molecular weight excluding hydrogens is 248 g/mol. The molecular formula is C13H22N2O2S. The van der Waals surface area contributed by atoms with Crippen molar-refractivity contribution in [1.29, 1.82) is 0 Å². The highest BCUT2D eigenvalue weighted by atomic mass is 32.2. The van der Waals surface area contributed by atoms with Crippen LogP contribution in [-0.2, 0) is 9.59 Å². The van der Waals surface area contributed by atoms with E-state index < -0.39 is 5.41 Å².